The van der Waals surface area contributed by atoms with E-state index in [9.17, 15) is 9.90 Å². The van der Waals surface area contributed by atoms with Crippen LogP contribution in [0.2, 0.25) is 0 Å². The van der Waals surface area contributed by atoms with Gasteiger partial charge in [0.15, 0.2) is 0 Å². The number of aliphatic hydroxyl groups is 1. The van der Waals surface area contributed by atoms with Gasteiger partial charge in [-0.3, -0.25) is 4.79 Å². The fraction of sp³-hybridized carbons (Fsp3) is 0.133. The summed E-state index contributed by atoms with van der Waals surface area (Å²) < 4.78 is 5.52. The molecule has 0 bridgehead atoms. The van der Waals surface area contributed by atoms with Crippen molar-refractivity contribution < 1.29 is 14.6 Å². The third kappa shape index (κ3) is 1.60. The van der Waals surface area contributed by atoms with Gasteiger partial charge < -0.3 is 9.84 Å². The molecule has 0 spiro atoms. The molecule has 18 heavy (non-hydrogen) atoms. The van der Waals surface area contributed by atoms with Crippen molar-refractivity contribution in [3.63, 3.8) is 0 Å². The van der Waals surface area contributed by atoms with Crippen LogP contribution in [-0.4, -0.2) is 10.9 Å². The van der Waals surface area contributed by atoms with E-state index >= 15 is 0 Å². The van der Waals surface area contributed by atoms with Crippen molar-refractivity contribution in [3.8, 4) is 5.75 Å². The predicted octanol–water partition coefficient (Wildman–Crippen LogP) is 2.04. The molecule has 0 saturated heterocycles. The number of carbonyl (C=O) groups excluding carboxylic acids is 1. The van der Waals surface area contributed by atoms with E-state index < -0.39 is 5.79 Å². The van der Waals surface area contributed by atoms with Gasteiger partial charge in [0, 0.05) is 17.5 Å². The molecule has 0 aliphatic carbocycles. The first-order chi connectivity index (χ1) is 8.70. The highest BCUT2D eigenvalue weighted by Gasteiger charge is 2.43. The molecule has 1 unspecified atom stereocenters. The van der Waals surface area contributed by atoms with Crippen LogP contribution in [0, 0.1) is 0 Å². The molecule has 90 valence electrons. The monoisotopic (exact) mass is 240 g/mol. The Kier molecular flexibility index (Phi) is 2.42. The summed E-state index contributed by atoms with van der Waals surface area (Å²) in [5.74, 6) is -1.65. The maximum absolute atomic E-state index is 12.1. The van der Waals surface area contributed by atoms with Crippen LogP contribution in [0.5, 0.6) is 5.75 Å². The van der Waals surface area contributed by atoms with Gasteiger partial charge in [0.25, 0.3) is 5.79 Å². The highest BCUT2D eigenvalue weighted by atomic mass is 16.6. The smallest absolute Gasteiger partial charge is 0.295 e. The summed E-state index contributed by atoms with van der Waals surface area (Å²) in [5, 5.41) is 10.5. The van der Waals surface area contributed by atoms with Gasteiger partial charge in [-0.2, -0.15) is 0 Å². The van der Waals surface area contributed by atoms with Crippen LogP contribution in [0.4, 0.5) is 0 Å². The van der Waals surface area contributed by atoms with Crippen LogP contribution in [0.1, 0.15) is 11.1 Å². The fourth-order valence-corrected chi connectivity index (χ4v) is 2.14. The standard InChI is InChI=1S/C15H12O3/c16-14-10-11-6-4-5-9-13(11)18-15(14,17)12-7-2-1-3-8-12/h1-9,17H,10H2. The van der Waals surface area contributed by atoms with Crippen LogP contribution in [0.15, 0.2) is 54.6 Å². The van der Waals surface area contributed by atoms with Gasteiger partial charge in [0.2, 0.25) is 5.78 Å². The lowest BCUT2D eigenvalue weighted by Crippen LogP contribution is -2.45. The van der Waals surface area contributed by atoms with Gasteiger partial charge in [-0.1, -0.05) is 48.5 Å². The first-order valence-corrected chi connectivity index (χ1v) is 5.78. The van der Waals surface area contributed by atoms with Crippen molar-refractivity contribution in [3.05, 3.63) is 65.7 Å². The van der Waals surface area contributed by atoms with Crippen LogP contribution in [0.3, 0.4) is 0 Å². The summed E-state index contributed by atoms with van der Waals surface area (Å²) in [5.41, 5.74) is 1.27. The van der Waals surface area contributed by atoms with E-state index in [1.165, 1.54) is 0 Å². The second-order valence-electron chi connectivity index (χ2n) is 4.32. The van der Waals surface area contributed by atoms with Crippen molar-refractivity contribution in [2.45, 2.75) is 12.2 Å². The Labute approximate surface area is 105 Å². The van der Waals surface area contributed by atoms with Crippen LogP contribution >= 0.6 is 0 Å². The zero-order valence-corrected chi connectivity index (χ0v) is 9.67. The average Bonchev–Trinajstić information content (AvgIpc) is 2.41. The number of ketones is 1. The Morgan fingerprint density at radius 1 is 1.00 bits per heavy atom. The van der Waals surface area contributed by atoms with Crippen molar-refractivity contribution in [2.75, 3.05) is 0 Å². The van der Waals surface area contributed by atoms with E-state index in [0.29, 0.717) is 11.3 Å². The zero-order chi connectivity index (χ0) is 12.6. The first kappa shape index (κ1) is 11.0. The summed E-state index contributed by atoms with van der Waals surface area (Å²) in [6.07, 6.45) is 0.182. The molecular formula is C15H12O3. The second kappa shape index (κ2) is 3.96. The molecule has 3 heteroatoms. The molecule has 0 aromatic heterocycles. The predicted molar refractivity (Wildman–Crippen MR) is 66.1 cm³/mol. The first-order valence-electron chi connectivity index (χ1n) is 5.78. The average molecular weight is 240 g/mol. The molecule has 1 aliphatic heterocycles. The molecule has 1 heterocycles. The minimum absolute atomic E-state index is 0.182. The zero-order valence-electron chi connectivity index (χ0n) is 9.67. The normalized spacial score (nSPS) is 22.2. The number of hydrogen-bond donors (Lipinski definition) is 1. The lowest BCUT2D eigenvalue weighted by molar-refractivity contribution is -0.179. The molecule has 1 N–H and O–H groups in total. The number of carbonyl (C=O) groups is 1. The molecule has 1 aliphatic rings. The summed E-state index contributed by atoms with van der Waals surface area (Å²) in [6, 6.07) is 16.0. The van der Waals surface area contributed by atoms with Gasteiger partial charge in [0.05, 0.1) is 0 Å². The summed E-state index contributed by atoms with van der Waals surface area (Å²) in [6.45, 7) is 0. The summed E-state index contributed by atoms with van der Waals surface area (Å²) >= 11 is 0. The van der Waals surface area contributed by atoms with Crippen LogP contribution in [0.25, 0.3) is 0 Å². The van der Waals surface area contributed by atoms with Crippen molar-refractivity contribution in [1.82, 2.24) is 0 Å². The van der Waals surface area contributed by atoms with Crippen molar-refractivity contribution in [2.24, 2.45) is 0 Å². The number of hydrogen-bond acceptors (Lipinski definition) is 3. The molecule has 1 atom stereocenters. The van der Waals surface area contributed by atoms with E-state index in [-0.39, 0.29) is 12.2 Å². The molecule has 2 aromatic carbocycles. The number of fused-ring (bicyclic) bond motifs is 1. The van der Waals surface area contributed by atoms with Crippen LogP contribution in [-0.2, 0) is 17.0 Å². The Morgan fingerprint density at radius 2 is 1.67 bits per heavy atom. The Bertz CT molecular complexity index is 592. The largest absolute Gasteiger partial charge is 0.451 e. The third-order valence-electron chi connectivity index (χ3n) is 3.12. The number of ether oxygens (including phenoxy) is 1. The third-order valence-corrected chi connectivity index (χ3v) is 3.12. The molecular weight excluding hydrogens is 228 g/mol. The quantitative estimate of drug-likeness (QED) is 0.829. The van der Waals surface area contributed by atoms with E-state index in [4.69, 9.17) is 4.74 Å². The van der Waals surface area contributed by atoms with Crippen molar-refractivity contribution >= 4 is 5.78 Å². The van der Waals surface area contributed by atoms with Gasteiger partial charge in [-0.25, -0.2) is 0 Å². The molecule has 2 aromatic rings. The molecule has 0 saturated carbocycles. The topological polar surface area (TPSA) is 46.5 Å². The number of Topliss-reactive ketones (excluding diaryl/α,β-unsaturated/α-hetero) is 1. The molecule has 0 radical (unpaired) electrons. The summed E-state index contributed by atoms with van der Waals surface area (Å²) in [7, 11) is 0. The highest BCUT2D eigenvalue weighted by Crippen LogP contribution is 2.35. The molecule has 3 rings (SSSR count). The van der Waals surface area contributed by atoms with Gasteiger partial charge in [-0.15, -0.1) is 0 Å². The van der Waals surface area contributed by atoms with Gasteiger partial charge >= 0.3 is 0 Å². The Hall–Kier alpha value is -2.13. The lowest BCUT2D eigenvalue weighted by atomic mass is 9.93. The van der Waals surface area contributed by atoms with E-state index in [1.54, 1.807) is 30.3 Å². The van der Waals surface area contributed by atoms with Crippen molar-refractivity contribution in [1.29, 1.82) is 0 Å². The van der Waals surface area contributed by atoms with E-state index in [2.05, 4.69) is 0 Å². The Balaban J connectivity index is 2.07. The maximum atomic E-state index is 12.1. The number of rotatable bonds is 1. The molecule has 0 amide bonds. The lowest BCUT2D eigenvalue weighted by Gasteiger charge is -2.32. The molecule has 0 fully saturated rings. The summed E-state index contributed by atoms with van der Waals surface area (Å²) in [4.78, 5) is 12.1. The second-order valence-corrected chi connectivity index (χ2v) is 4.32. The van der Waals surface area contributed by atoms with E-state index in [1.807, 2.05) is 24.3 Å². The Morgan fingerprint density at radius 3 is 2.44 bits per heavy atom. The van der Waals surface area contributed by atoms with E-state index in [0.717, 1.165) is 5.56 Å². The number of para-hydroxylation sites is 1. The van der Waals surface area contributed by atoms with Crippen LogP contribution < -0.4 is 4.74 Å². The SMILES string of the molecule is O=C1Cc2ccccc2OC1(O)c1ccccc1. The minimum Gasteiger partial charge on any atom is -0.451 e. The maximum Gasteiger partial charge on any atom is 0.295 e. The minimum atomic E-state index is -1.87. The van der Waals surface area contributed by atoms with Gasteiger partial charge in [-0.05, 0) is 6.07 Å². The fourth-order valence-electron chi connectivity index (χ4n) is 2.14. The molecule has 3 nitrogen and oxygen atoms in total. The highest BCUT2D eigenvalue weighted by molar-refractivity contribution is 5.91. The van der Waals surface area contributed by atoms with Gasteiger partial charge in [0.1, 0.15) is 5.75 Å². The number of benzene rings is 2.